The molecule has 2 aromatic rings. The average Bonchev–Trinajstić information content (AvgIpc) is 3.21. The van der Waals surface area contributed by atoms with E-state index in [1.54, 1.807) is 14.0 Å². The maximum Gasteiger partial charge on any atom is 0.283 e. The Labute approximate surface area is 169 Å². The first kappa shape index (κ1) is 20.9. The van der Waals surface area contributed by atoms with Gasteiger partial charge >= 0.3 is 0 Å². The number of carbonyl (C=O) groups excluding carboxylic acids is 1. The summed E-state index contributed by atoms with van der Waals surface area (Å²) < 4.78 is 55.2. The molecular formula is C15H19BrF2N6O3S. The van der Waals surface area contributed by atoms with Gasteiger partial charge in [-0.2, -0.15) is 14.5 Å². The van der Waals surface area contributed by atoms with Crippen molar-refractivity contribution in [2.45, 2.75) is 24.8 Å². The van der Waals surface area contributed by atoms with Gasteiger partial charge in [0.1, 0.15) is 17.1 Å². The van der Waals surface area contributed by atoms with E-state index in [0.717, 1.165) is 0 Å². The number of amides is 1. The average molecular weight is 481 g/mol. The van der Waals surface area contributed by atoms with Crippen LogP contribution in [0.1, 0.15) is 17.8 Å². The molecule has 0 atom stereocenters. The minimum absolute atomic E-state index is 0.103. The van der Waals surface area contributed by atoms with Gasteiger partial charge in [0, 0.05) is 39.4 Å². The monoisotopic (exact) mass is 480 g/mol. The highest BCUT2D eigenvalue weighted by atomic mass is 79.9. The molecule has 0 spiro atoms. The predicted octanol–water partition coefficient (Wildman–Crippen LogP) is 1.16. The lowest BCUT2D eigenvalue weighted by atomic mass is 10.3. The number of rotatable bonds is 5. The zero-order chi connectivity index (χ0) is 20.6. The van der Waals surface area contributed by atoms with Gasteiger partial charge in [-0.25, -0.2) is 17.2 Å². The molecule has 1 amide bonds. The summed E-state index contributed by atoms with van der Waals surface area (Å²) >= 11 is 3.07. The van der Waals surface area contributed by atoms with Crippen LogP contribution in [-0.2, 0) is 28.4 Å². The number of carbonyl (C=O) groups is 1. The number of halogens is 3. The zero-order valence-corrected chi connectivity index (χ0v) is 17.6. The van der Waals surface area contributed by atoms with Gasteiger partial charge in [-0.1, -0.05) is 0 Å². The third kappa shape index (κ3) is 3.96. The fraction of sp³-hybridized carbons (Fsp3) is 0.533. The standard InChI is InChI=1S/C15H19BrF2N6O3S/c1-10-13(16)14(15(17)18)20-24(10)9-12(25)22-3-5-23(6-4-22)28(26,27)11-7-19-21(2)8-11/h7-8,15H,3-6,9H2,1-2H3. The van der Waals surface area contributed by atoms with E-state index < -0.39 is 22.1 Å². The smallest absolute Gasteiger partial charge is 0.283 e. The summed E-state index contributed by atoms with van der Waals surface area (Å²) in [5.41, 5.74) is 0.0270. The molecule has 0 saturated carbocycles. The van der Waals surface area contributed by atoms with Gasteiger partial charge in [0.2, 0.25) is 15.9 Å². The van der Waals surface area contributed by atoms with E-state index in [2.05, 4.69) is 26.1 Å². The Kier molecular flexibility index (Phi) is 5.87. The zero-order valence-electron chi connectivity index (χ0n) is 15.2. The minimum Gasteiger partial charge on any atom is -0.338 e. The summed E-state index contributed by atoms with van der Waals surface area (Å²) in [6.45, 7) is 2.12. The summed E-state index contributed by atoms with van der Waals surface area (Å²) in [6.07, 6.45) is -0.0388. The van der Waals surface area contributed by atoms with Gasteiger partial charge in [0.05, 0.1) is 16.4 Å². The molecule has 3 rings (SSSR count). The van der Waals surface area contributed by atoms with Gasteiger partial charge in [-0.3, -0.25) is 14.2 Å². The first-order valence-electron chi connectivity index (χ1n) is 8.38. The summed E-state index contributed by atoms with van der Waals surface area (Å²) in [6, 6.07) is 0. The van der Waals surface area contributed by atoms with Crippen LogP contribution in [-0.4, -0.2) is 69.3 Å². The van der Waals surface area contributed by atoms with Crippen molar-refractivity contribution >= 4 is 31.9 Å². The van der Waals surface area contributed by atoms with Gasteiger partial charge in [0.15, 0.2) is 0 Å². The summed E-state index contributed by atoms with van der Waals surface area (Å²) in [7, 11) is -2.03. The Morgan fingerprint density at radius 1 is 1.29 bits per heavy atom. The molecule has 13 heteroatoms. The molecule has 28 heavy (non-hydrogen) atoms. The van der Waals surface area contributed by atoms with E-state index in [0.29, 0.717) is 5.69 Å². The largest absolute Gasteiger partial charge is 0.338 e. The molecule has 0 aromatic carbocycles. The van der Waals surface area contributed by atoms with Gasteiger partial charge in [-0.15, -0.1) is 0 Å². The van der Waals surface area contributed by atoms with E-state index in [9.17, 15) is 22.0 Å². The number of aryl methyl sites for hydroxylation is 1. The Hall–Kier alpha value is -1.86. The van der Waals surface area contributed by atoms with Crippen LogP contribution >= 0.6 is 15.9 Å². The molecule has 0 N–H and O–H groups in total. The molecule has 2 aromatic heterocycles. The number of aromatic nitrogens is 4. The molecule has 3 heterocycles. The molecule has 1 aliphatic heterocycles. The van der Waals surface area contributed by atoms with Crippen LogP contribution in [0.15, 0.2) is 21.8 Å². The second-order valence-corrected chi connectivity index (χ2v) is 9.11. The topological polar surface area (TPSA) is 93.3 Å². The van der Waals surface area contributed by atoms with E-state index in [1.807, 2.05) is 0 Å². The second kappa shape index (κ2) is 7.87. The van der Waals surface area contributed by atoms with Crippen LogP contribution < -0.4 is 0 Å². The van der Waals surface area contributed by atoms with Crippen LogP contribution in [0.3, 0.4) is 0 Å². The Morgan fingerprint density at radius 3 is 2.43 bits per heavy atom. The Balaban J connectivity index is 1.64. The number of sulfonamides is 1. The van der Waals surface area contributed by atoms with Crippen LogP contribution in [0.4, 0.5) is 8.78 Å². The molecule has 0 bridgehead atoms. The first-order valence-corrected chi connectivity index (χ1v) is 10.6. The van der Waals surface area contributed by atoms with Crippen molar-refractivity contribution in [2.24, 2.45) is 7.05 Å². The van der Waals surface area contributed by atoms with Crippen LogP contribution in [0.25, 0.3) is 0 Å². The van der Waals surface area contributed by atoms with E-state index in [-0.39, 0.29) is 48.0 Å². The number of hydrogen-bond acceptors (Lipinski definition) is 5. The third-order valence-corrected chi connectivity index (χ3v) is 7.39. The quantitative estimate of drug-likeness (QED) is 0.639. The second-order valence-electron chi connectivity index (χ2n) is 6.38. The highest BCUT2D eigenvalue weighted by Crippen LogP contribution is 2.29. The van der Waals surface area contributed by atoms with Crippen LogP contribution in [0.5, 0.6) is 0 Å². The fourth-order valence-electron chi connectivity index (χ4n) is 2.93. The molecular weight excluding hydrogens is 462 g/mol. The number of nitrogens with zero attached hydrogens (tertiary/aromatic N) is 6. The van der Waals surface area contributed by atoms with E-state index in [1.165, 1.54) is 31.0 Å². The van der Waals surface area contributed by atoms with Gasteiger partial charge < -0.3 is 4.90 Å². The number of hydrogen-bond donors (Lipinski definition) is 0. The van der Waals surface area contributed by atoms with Crippen LogP contribution in [0, 0.1) is 6.92 Å². The van der Waals surface area contributed by atoms with E-state index in [4.69, 9.17) is 0 Å². The maximum absolute atomic E-state index is 12.9. The van der Waals surface area contributed by atoms with E-state index >= 15 is 0 Å². The molecule has 1 fully saturated rings. The highest BCUT2D eigenvalue weighted by molar-refractivity contribution is 9.10. The predicted molar refractivity (Wildman–Crippen MR) is 98.2 cm³/mol. The van der Waals surface area contributed by atoms with Crippen molar-refractivity contribution in [3.05, 3.63) is 28.3 Å². The lowest BCUT2D eigenvalue weighted by molar-refractivity contribution is -0.133. The van der Waals surface area contributed by atoms with Crippen LogP contribution in [0.2, 0.25) is 0 Å². The van der Waals surface area contributed by atoms with Crippen molar-refractivity contribution in [2.75, 3.05) is 26.2 Å². The normalized spacial score (nSPS) is 16.1. The summed E-state index contributed by atoms with van der Waals surface area (Å²) in [5, 5.41) is 7.67. The van der Waals surface area contributed by atoms with Gasteiger partial charge in [-0.05, 0) is 22.9 Å². The van der Waals surface area contributed by atoms with Crippen molar-refractivity contribution in [3.63, 3.8) is 0 Å². The lowest BCUT2D eigenvalue weighted by Crippen LogP contribution is -2.51. The molecule has 1 saturated heterocycles. The van der Waals surface area contributed by atoms with Crippen molar-refractivity contribution in [1.82, 2.24) is 28.8 Å². The number of alkyl halides is 2. The van der Waals surface area contributed by atoms with Crippen molar-refractivity contribution in [3.8, 4) is 0 Å². The summed E-state index contributed by atoms with van der Waals surface area (Å²) in [4.78, 5) is 14.1. The van der Waals surface area contributed by atoms with Crippen molar-refractivity contribution in [1.29, 1.82) is 0 Å². The molecule has 0 aliphatic carbocycles. The van der Waals surface area contributed by atoms with Crippen molar-refractivity contribution < 1.29 is 22.0 Å². The fourth-order valence-corrected chi connectivity index (χ4v) is 4.79. The minimum atomic E-state index is -3.66. The molecule has 1 aliphatic rings. The number of piperazine rings is 1. The summed E-state index contributed by atoms with van der Waals surface area (Å²) in [5.74, 6) is -0.308. The Morgan fingerprint density at radius 2 is 1.93 bits per heavy atom. The molecule has 0 radical (unpaired) electrons. The molecule has 9 nitrogen and oxygen atoms in total. The first-order chi connectivity index (χ1) is 13.1. The van der Waals surface area contributed by atoms with Gasteiger partial charge in [0.25, 0.3) is 6.43 Å². The Bertz CT molecular complexity index is 982. The lowest BCUT2D eigenvalue weighted by Gasteiger charge is -2.33. The highest BCUT2D eigenvalue weighted by Gasteiger charge is 2.31. The molecule has 0 unspecified atom stereocenters. The molecule has 154 valence electrons. The maximum atomic E-state index is 12.9. The third-order valence-electron chi connectivity index (χ3n) is 4.56. The SMILES string of the molecule is Cc1c(Br)c(C(F)F)nn1CC(=O)N1CCN(S(=O)(=O)c2cnn(C)c2)CC1.